The van der Waals surface area contributed by atoms with E-state index < -0.39 is 5.97 Å². The molecule has 0 saturated heterocycles. The number of nitrogens with one attached hydrogen (secondary N) is 1. The van der Waals surface area contributed by atoms with Gasteiger partial charge in [-0.2, -0.15) is 5.10 Å². The molecule has 2 heterocycles. The van der Waals surface area contributed by atoms with Crippen molar-refractivity contribution in [1.82, 2.24) is 9.78 Å². The molecule has 0 fully saturated rings. The number of aromatic nitrogens is 2. The summed E-state index contributed by atoms with van der Waals surface area (Å²) in [5, 5.41) is 16.8. The number of aliphatic carboxylic acids is 1. The Kier molecular flexibility index (Phi) is 3.81. The van der Waals surface area contributed by atoms with E-state index >= 15 is 0 Å². The number of amides is 1. The number of anilines is 1. The Bertz CT molecular complexity index is 605. The first-order chi connectivity index (χ1) is 9.10. The van der Waals surface area contributed by atoms with Crippen molar-refractivity contribution in [3.63, 3.8) is 0 Å². The van der Waals surface area contributed by atoms with Gasteiger partial charge in [-0.3, -0.25) is 14.3 Å². The van der Waals surface area contributed by atoms with Crippen LogP contribution >= 0.6 is 11.3 Å². The molecule has 0 saturated carbocycles. The van der Waals surface area contributed by atoms with Gasteiger partial charge in [0.25, 0.3) is 5.91 Å². The number of ether oxygens (including phenoxy) is 1. The number of methoxy groups -OCH3 is 1. The van der Waals surface area contributed by atoms with Crippen molar-refractivity contribution in [2.45, 2.75) is 6.54 Å². The zero-order valence-electron chi connectivity index (χ0n) is 9.99. The maximum Gasteiger partial charge on any atom is 0.325 e. The highest BCUT2D eigenvalue weighted by molar-refractivity contribution is 7.12. The summed E-state index contributed by atoms with van der Waals surface area (Å²) in [7, 11) is 1.49. The highest BCUT2D eigenvalue weighted by Gasteiger charge is 2.14. The first-order valence-corrected chi connectivity index (χ1v) is 6.15. The number of hydrogen-bond donors (Lipinski definition) is 2. The number of carbonyl (C=O) groups excluding carboxylic acids is 1. The minimum Gasteiger partial charge on any atom is -0.495 e. The molecule has 19 heavy (non-hydrogen) atoms. The molecule has 7 nitrogen and oxygen atoms in total. The topological polar surface area (TPSA) is 93.5 Å². The summed E-state index contributed by atoms with van der Waals surface area (Å²) in [6.45, 7) is -0.252. The number of nitrogens with zero attached hydrogens (tertiary/aromatic N) is 2. The van der Waals surface area contributed by atoms with E-state index in [0.717, 1.165) is 0 Å². The van der Waals surface area contributed by atoms with Crippen molar-refractivity contribution >= 4 is 28.9 Å². The van der Waals surface area contributed by atoms with Gasteiger partial charge in [0.05, 0.1) is 19.0 Å². The highest BCUT2D eigenvalue weighted by Crippen LogP contribution is 2.25. The van der Waals surface area contributed by atoms with Gasteiger partial charge >= 0.3 is 5.97 Å². The average Bonchev–Trinajstić information content (AvgIpc) is 2.96. The number of thiophene rings is 1. The van der Waals surface area contributed by atoms with Gasteiger partial charge in [-0.1, -0.05) is 0 Å². The third kappa shape index (κ3) is 3.10. The summed E-state index contributed by atoms with van der Waals surface area (Å²) in [5.41, 5.74) is 0.432. The van der Waals surface area contributed by atoms with Gasteiger partial charge in [-0.05, 0) is 11.4 Å². The van der Waals surface area contributed by atoms with Gasteiger partial charge in [0.2, 0.25) is 0 Å². The number of rotatable bonds is 5. The first kappa shape index (κ1) is 13.1. The maximum absolute atomic E-state index is 12.0. The molecule has 100 valence electrons. The molecule has 0 bridgehead atoms. The molecule has 0 aliphatic carbocycles. The van der Waals surface area contributed by atoms with E-state index in [2.05, 4.69) is 10.4 Å². The molecule has 2 rings (SSSR count). The van der Waals surface area contributed by atoms with E-state index in [0.29, 0.717) is 16.3 Å². The quantitative estimate of drug-likeness (QED) is 0.861. The number of hydrogen-bond acceptors (Lipinski definition) is 5. The van der Waals surface area contributed by atoms with Crippen LogP contribution in [0.4, 0.5) is 5.69 Å². The zero-order valence-corrected chi connectivity index (χ0v) is 10.8. The van der Waals surface area contributed by atoms with E-state index in [9.17, 15) is 9.59 Å². The monoisotopic (exact) mass is 281 g/mol. The smallest absolute Gasteiger partial charge is 0.325 e. The normalized spacial score (nSPS) is 10.2. The van der Waals surface area contributed by atoms with Gasteiger partial charge in [-0.25, -0.2) is 0 Å². The van der Waals surface area contributed by atoms with Crippen molar-refractivity contribution in [1.29, 1.82) is 0 Å². The molecule has 0 spiro atoms. The zero-order chi connectivity index (χ0) is 13.8. The standard InChI is InChI=1S/C11H11N3O4S/c1-18-8-2-3-19-10(8)11(17)13-7-4-12-14(5-7)6-9(15)16/h2-5H,6H2,1H3,(H,13,17)(H,15,16). The van der Waals surface area contributed by atoms with Gasteiger partial charge in [0.1, 0.15) is 17.2 Å². The molecule has 0 atom stereocenters. The van der Waals surface area contributed by atoms with Crippen LogP contribution in [-0.2, 0) is 11.3 Å². The fourth-order valence-corrected chi connectivity index (χ4v) is 2.22. The lowest BCUT2D eigenvalue weighted by atomic mass is 10.4. The largest absolute Gasteiger partial charge is 0.495 e. The lowest BCUT2D eigenvalue weighted by Gasteiger charge is -2.02. The van der Waals surface area contributed by atoms with Crippen LogP contribution in [0, 0.1) is 0 Å². The number of carboxylic acids is 1. The number of carbonyl (C=O) groups is 2. The van der Waals surface area contributed by atoms with Crippen LogP contribution in [0.1, 0.15) is 9.67 Å². The van der Waals surface area contributed by atoms with Gasteiger partial charge in [-0.15, -0.1) is 11.3 Å². The Morgan fingerprint density at radius 2 is 2.37 bits per heavy atom. The summed E-state index contributed by atoms with van der Waals surface area (Å²) in [6, 6.07) is 1.70. The van der Waals surface area contributed by atoms with Crippen molar-refractivity contribution in [3.05, 3.63) is 28.7 Å². The molecule has 0 aliphatic rings. The second-order valence-corrected chi connectivity index (χ2v) is 4.51. The van der Waals surface area contributed by atoms with Crippen LogP contribution in [0.5, 0.6) is 5.75 Å². The molecule has 0 aliphatic heterocycles. The maximum atomic E-state index is 12.0. The van der Waals surface area contributed by atoms with E-state index in [4.69, 9.17) is 9.84 Å². The first-order valence-electron chi connectivity index (χ1n) is 5.27. The second kappa shape index (κ2) is 5.53. The predicted octanol–water partition coefficient (Wildman–Crippen LogP) is 1.29. The Labute approximate surface area is 112 Å². The van der Waals surface area contributed by atoms with Crippen molar-refractivity contribution in [2.75, 3.05) is 12.4 Å². The molecular weight excluding hydrogens is 270 g/mol. The summed E-state index contributed by atoms with van der Waals surface area (Å²) in [6.07, 6.45) is 2.84. The molecule has 1 amide bonds. The molecule has 0 unspecified atom stereocenters. The summed E-state index contributed by atoms with van der Waals surface area (Å²) in [4.78, 5) is 22.9. The average molecular weight is 281 g/mol. The van der Waals surface area contributed by atoms with Crippen molar-refractivity contribution in [2.24, 2.45) is 0 Å². The molecular formula is C11H11N3O4S. The third-order valence-electron chi connectivity index (χ3n) is 2.24. The molecule has 0 aromatic carbocycles. The van der Waals surface area contributed by atoms with E-state index in [1.54, 1.807) is 11.4 Å². The molecule has 2 N–H and O–H groups in total. The van der Waals surface area contributed by atoms with E-state index in [1.807, 2.05) is 0 Å². The lowest BCUT2D eigenvalue weighted by molar-refractivity contribution is -0.137. The predicted molar refractivity (Wildman–Crippen MR) is 68.7 cm³/mol. The lowest BCUT2D eigenvalue weighted by Crippen LogP contribution is -2.11. The van der Waals surface area contributed by atoms with Gasteiger partial charge in [0.15, 0.2) is 0 Å². The molecule has 2 aromatic rings. The van der Waals surface area contributed by atoms with Crippen LogP contribution in [0.3, 0.4) is 0 Å². The second-order valence-electron chi connectivity index (χ2n) is 3.59. The van der Waals surface area contributed by atoms with Crippen LogP contribution in [0.2, 0.25) is 0 Å². The van der Waals surface area contributed by atoms with Crippen LogP contribution in [-0.4, -0.2) is 33.9 Å². The SMILES string of the molecule is COc1ccsc1C(=O)Nc1cnn(CC(=O)O)c1. The Morgan fingerprint density at radius 1 is 1.58 bits per heavy atom. The van der Waals surface area contributed by atoms with E-state index in [-0.39, 0.29) is 12.5 Å². The Hall–Kier alpha value is -2.35. The molecule has 2 aromatic heterocycles. The molecule has 8 heteroatoms. The third-order valence-corrected chi connectivity index (χ3v) is 3.14. The summed E-state index contributed by atoms with van der Waals surface area (Å²) < 4.78 is 6.28. The Morgan fingerprint density at radius 3 is 3.05 bits per heavy atom. The molecule has 0 radical (unpaired) electrons. The fraction of sp³-hybridized carbons (Fsp3) is 0.182. The van der Waals surface area contributed by atoms with E-state index in [1.165, 1.54) is 35.5 Å². The van der Waals surface area contributed by atoms with Crippen LogP contribution in [0.15, 0.2) is 23.8 Å². The fourth-order valence-electron chi connectivity index (χ4n) is 1.46. The van der Waals surface area contributed by atoms with Crippen molar-refractivity contribution in [3.8, 4) is 5.75 Å². The summed E-state index contributed by atoms with van der Waals surface area (Å²) in [5.74, 6) is -0.817. The van der Waals surface area contributed by atoms with Gasteiger partial charge in [0, 0.05) is 6.20 Å². The summed E-state index contributed by atoms with van der Waals surface area (Å²) >= 11 is 1.26. The minimum absolute atomic E-state index is 0.252. The minimum atomic E-state index is -0.999. The van der Waals surface area contributed by atoms with Crippen molar-refractivity contribution < 1.29 is 19.4 Å². The number of carboxylic acid groups (broad SMARTS) is 1. The van der Waals surface area contributed by atoms with Crippen LogP contribution < -0.4 is 10.1 Å². The Balaban J connectivity index is 2.07. The highest BCUT2D eigenvalue weighted by atomic mass is 32.1. The van der Waals surface area contributed by atoms with Gasteiger partial charge < -0.3 is 15.2 Å². The van der Waals surface area contributed by atoms with Crippen LogP contribution in [0.25, 0.3) is 0 Å².